The predicted octanol–water partition coefficient (Wildman–Crippen LogP) is 5.89. The molecule has 2 heterocycles. The lowest BCUT2D eigenvalue weighted by atomic mass is 9.95. The second-order valence-electron chi connectivity index (χ2n) is 6.07. The van der Waals surface area contributed by atoms with Crippen LogP contribution in [-0.4, -0.2) is 10.1 Å². The number of phenols is 1. The van der Waals surface area contributed by atoms with E-state index < -0.39 is 0 Å². The maximum atomic E-state index is 10.6. The highest BCUT2D eigenvalue weighted by atomic mass is 35.5. The van der Waals surface area contributed by atoms with Crippen LogP contribution in [0.2, 0.25) is 5.02 Å². The van der Waals surface area contributed by atoms with Crippen LogP contribution in [0, 0.1) is 0 Å². The summed E-state index contributed by atoms with van der Waals surface area (Å²) in [5.74, 6) is 0.158. The first-order chi connectivity index (χ1) is 12.1. The van der Waals surface area contributed by atoms with E-state index >= 15 is 0 Å². The van der Waals surface area contributed by atoms with E-state index in [-0.39, 0.29) is 11.8 Å². The molecule has 0 fully saturated rings. The lowest BCUT2D eigenvalue weighted by Gasteiger charge is -2.14. The van der Waals surface area contributed by atoms with E-state index in [1.165, 1.54) is 0 Å². The summed E-state index contributed by atoms with van der Waals surface area (Å²) in [5, 5.41) is 15.0. The molecular formula is C20H17ClN2OS. The van der Waals surface area contributed by atoms with Crippen LogP contribution < -0.4 is 5.73 Å². The van der Waals surface area contributed by atoms with Gasteiger partial charge in [0, 0.05) is 34.6 Å². The normalized spacial score (nSPS) is 12.8. The predicted molar refractivity (Wildman–Crippen MR) is 106 cm³/mol. The molecule has 3 nitrogen and oxygen atoms in total. The van der Waals surface area contributed by atoms with E-state index in [9.17, 15) is 5.11 Å². The number of phenolic OH excluding ortho intramolecular Hbond substituents is 1. The monoisotopic (exact) mass is 368 g/mol. The van der Waals surface area contributed by atoms with Gasteiger partial charge in [0.05, 0.1) is 15.2 Å². The molecule has 0 saturated carbocycles. The Labute approximate surface area is 154 Å². The molecule has 2 aromatic carbocycles. The van der Waals surface area contributed by atoms with Gasteiger partial charge < -0.3 is 10.8 Å². The Balaban J connectivity index is 2.02. The van der Waals surface area contributed by atoms with Crippen LogP contribution in [-0.2, 0) is 0 Å². The van der Waals surface area contributed by atoms with E-state index in [1.807, 2.05) is 41.9 Å². The Morgan fingerprint density at radius 1 is 1.24 bits per heavy atom. The van der Waals surface area contributed by atoms with Crippen LogP contribution in [0.1, 0.15) is 24.9 Å². The lowest BCUT2D eigenvalue weighted by molar-refractivity contribution is 0.478. The Hall–Kier alpha value is -2.14. The third kappa shape index (κ3) is 2.67. The molecule has 0 aliphatic rings. The van der Waals surface area contributed by atoms with Crippen LogP contribution in [0.3, 0.4) is 0 Å². The first-order valence-corrected chi connectivity index (χ1v) is 9.39. The van der Waals surface area contributed by atoms with Gasteiger partial charge in [0.25, 0.3) is 0 Å². The van der Waals surface area contributed by atoms with Crippen LogP contribution in [0.15, 0.2) is 48.0 Å². The summed E-state index contributed by atoms with van der Waals surface area (Å²) >= 11 is 7.96. The minimum absolute atomic E-state index is 0.0230. The summed E-state index contributed by atoms with van der Waals surface area (Å²) in [6.07, 6.45) is 2.71. The minimum atomic E-state index is 0.0230. The molecule has 5 heteroatoms. The summed E-state index contributed by atoms with van der Waals surface area (Å²) < 4.78 is 1.07. The number of hydrogen-bond acceptors (Lipinski definition) is 4. The molecule has 0 spiro atoms. The molecule has 126 valence electrons. The summed E-state index contributed by atoms with van der Waals surface area (Å²) in [4.78, 5) is 4.51. The number of nitrogens with two attached hydrogens (primary N) is 1. The average Bonchev–Trinajstić information content (AvgIpc) is 3.10. The first kappa shape index (κ1) is 16.3. The highest BCUT2D eigenvalue weighted by Gasteiger charge is 2.17. The van der Waals surface area contributed by atoms with Crippen molar-refractivity contribution in [2.45, 2.75) is 19.4 Å². The second kappa shape index (κ2) is 6.30. The van der Waals surface area contributed by atoms with Gasteiger partial charge in [-0.25, -0.2) is 0 Å². The fourth-order valence-corrected chi connectivity index (χ4v) is 4.20. The Bertz CT molecular complexity index is 1070. The van der Waals surface area contributed by atoms with Crippen molar-refractivity contribution in [3.8, 4) is 16.9 Å². The fourth-order valence-electron chi connectivity index (χ4n) is 3.19. The zero-order valence-electron chi connectivity index (χ0n) is 13.7. The summed E-state index contributed by atoms with van der Waals surface area (Å²) in [6, 6.07) is 11.7. The molecule has 2 aromatic heterocycles. The quantitative estimate of drug-likeness (QED) is 0.474. The van der Waals surface area contributed by atoms with Crippen molar-refractivity contribution in [3.05, 3.63) is 58.6 Å². The van der Waals surface area contributed by atoms with E-state index in [0.717, 1.165) is 38.6 Å². The van der Waals surface area contributed by atoms with Crippen LogP contribution in [0.25, 0.3) is 32.1 Å². The van der Waals surface area contributed by atoms with Crippen molar-refractivity contribution in [1.82, 2.24) is 4.98 Å². The van der Waals surface area contributed by atoms with E-state index in [2.05, 4.69) is 11.9 Å². The van der Waals surface area contributed by atoms with E-state index in [1.54, 1.807) is 17.4 Å². The maximum Gasteiger partial charge on any atom is 0.125 e. The number of fused-ring (bicyclic) bond motifs is 3. The van der Waals surface area contributed by atoms with Crippen molar-refractivity contribution in [1.29, 1.82) is 0 Å². The number of benzene rings is 2. The summed E-state index contributed by atoms with van der Waals surface area (Å²) in [7, 11) is 0. The van der Waals surface area contributed by atoms with Gasteiger partial charge in [-0.15, -0.1) is 11.3 Å². The fraction of sp³-hybridized carbons (Fsp3) is 0.150. The summed E-state index contributed by atoms with van der Waals surface area (Å²) in [5.41, 5.74) is 9.58. The van der Waals surface area contributed by atoms with Gasteiger partial charge in [0.2, 0.25) is 0 Å². The van der Waals surface area contributed by atoms with Gasteiger partial charge in [0.15, 0.2) is 0 Å². The number of rotatable bonds is 3. The number of aromatic nitrogens is 1. The molecule has 25 heavy (non-hydrogen) atoms. The van der Waals surface area contributed by atoms with Gasteiger partial charge in [0.1, 0.15) is 5.75 Å². The zero-order chi connectivity index (χ0) is 17.6. The molecule has 0 aliphatic heterocycles. The molecule has 0 amide bonds. The van der Waals surface area contributed by atoms with Gasteiger partial charge >= 0.3 is 0 Å². The lowest BCUT2D eigenvalue weighted by Crippen LogP contribution is -2.08. The number of pyridine rings is 1. The molecule has 1 atom stereocenters. The second-order valence-corrected chi connectivity index (χ2v) is 7.42. The molecule has 0 bridgehead atoms. The van der Waals surface area contributed by atoms with E-state index in [4.69, 9.17) is 17.3 Å². The highest BCUT2D eigenvalue weighted by Crippen LogP contribution is 2.43. The maximum absolute atomic E-state index is 10.6. The highest BCUT2D eigenvalue weighted by molar-refractivity contribution is 7.17. The molecule has 0 unspecified atom stereocenters. The number of halogens is 1. The minimum Gasteiger partial charge on any atom is -0.507 e. The Morgan fingerprint density at radius 2 is 2.00 bits per heavy atom. The van der Waals surface area contributed by atoms with Crippen molar-refractivity contribution in [3.63, 3.8) is 0 Å². The molecule has 3 N–H and O–H groups in total. The number of thiophene rings is 1. The Morgan fingerprint density at radius 3 is 2.72 bits per heavy atom. The van der Waals surface area contributed by atoms with Gasteiger partial charge in [-0.3, -0.25) is 4.98 Å². The topological polar surface area (TPSA) is 59.1 Å². The molecule has 4 rings (SSSR count). The summed E-state index contributed by atoms with van der Waals surface area (Å²) in [6.45, 7) is 2.07. The van der Waals surface area contributed by atoms with E-state index in [0.29, 0.717) is 10.5 Å². The van der Waals surface area contributed by atoms with Gasteiger partial charge in [-0.2, -0.15) is 0 Å². The van der Waals surface area contributed by atoms with Crippen molar-refractivity contribution < 1.29 is 5.11 Å². The number of hydrogen-bond donors (Lipinski definition) is 2. The molecule has 0 radical (unpaired) electrons. The number of aromatic hydroxyl groups is 1. The van der Waals surface area contributed by atoms with Crippen molar-refractivity contribution in [2.24, 2.45) is 5.73 Å². The third-order valence-electron chi connectivity index (χ3n) is 4.58. The molecule has 0 aliphatic carbocycles. The van der Waals surface area contributed by atoms with Crippen LogP contribution >= 0.6 is 22.9 Å². The Kier molecular flexibility index (Phi) is 4.12. The van der Waals surface area contributed by atoms with Gasteiger partial charge in [-0.1, -0.05) is 42.8 Å². The van der Waals surface area contributed by atoms with Crippen molar-refractivity contribution >= 4 is 43.9 Å². The number of nitrogens with zero attached hydrogens (tertiary/aromatic N) is 1. The standard InChI is InChI=1S/C20H17ClN2OS/c1-2-15(22)11-3-5-12(6-4-11)18-16(24)9-14(21)20-19(18)13-7-8-25-17(13)10-23-20/h3-10,15,24H,2,22H2,1H3/t15-/m1/s1. The van der Waals surface area contributed by atoms with Crippen molar-refractivity contribution in [2.75, 3.05) is 0 Å². The van der Waals surface area contributed by atoms with Gasteiger partial charge in [-0.05, 0) is 29.0 Å². The molecular weight excluding hydrogens is 352 g/mol. The third-order valence-corrected chi connectivity index (χ3v) is 5.71. The smallest absolute Gasteiger partial charge is 0.125 e. The first-order valence-electron chi connectivity index (χ1n) is 8.13. The molecule has 4 aromatic rings. The largest absolute Gasteiger partial charge is 0.507 e. The SMILES string of the molecule is CC[C@@H](N)c1ccc(-c2c(O)cc(Cl)c3ncc4sccc4c23)cc1. The zero-order valence-corrected chi connectivity index (χ0v) is 15.2. The molecule has 0 saturated heterocycles. The van der Waals surface area contributed by atoms with Crippen LogP contribution in [0.5, 0.6) is 5.75 Å². The average molecular weight is 369 g/mol. The van der Waals surface area contributed by atoms with Crippen LogP contribution in [0.4, 0.5) is 0 Å².